The van der Waals surface area contributed by atoms with Gasteiger partial charge in [0.1, 0.15) is 17.4 Å². The number of aromatic nitrogens is 3. The number of nitrogens with one attached hydrogen (secondary N) is 2. The van der Waals surface area contributed by atoms with Crippen molar-refractivity contribution in [2.75, 3.05) is 13.2 Å². The third-order valence-corrected chi connectivity index (χ3v) is 5.94. The minimum Gasteiger partial charge on any atom is -0.449 e. The summed E-state index contributed by atoms with van der Waals surface area (Å²) in [4.78, 5) is 23.3. The van der Waals surface area contributed by atoms with Gasteiger partial charge in [0.15, 0.2) is 0 Å². The summed E-state index contributed by atoms with van der Waals surface area (Å²) < 4.78 is 5.53. The highest BCUT2D eigenvalue weighted by molar-refractivity contribution is 6.36. The molecule has 8 heteroatoms. The van der Waals surface area contributed by atoms with Gasteiger partial charge in [-0.3, -0.25) is 0 Å². The molecule has 1 amide bonds. The van der Waals surface area contributed by atoms with Gasteiger partial charge in [-0.1, -0.05) is 72.3 Å². The van der Waals surface area contributed by atoms with Crippen LogP contribution in [0.5, 0.6) is 0 Å². The first-order valence-electron chi connectivity index (χ1n) is 10.1. The van der Waals surface area contributed by atoms with Crippen LogP contribution in [0.3, 0.4) is 0 Å². The van der Waals surface area contributed by atoms with Crippen LogP contribution in [0.1, 0.15) is 22.6 Å². The predicted octanol–water partition coefficient (Wildman–Crippen LogP) is 5.82. The number of hydrogen-bond donors (Lipinski definition) is 2. The molecule has 5 rings (SSSR count). The third-order valence-electron chi connectivity index (χ3n) is 5.50. The van der Waals surface area contributed by atoms with Crippen molar-refractivity contribution in [3.8, 4) is 11.1 Å². The number of ether oxygens (including phenoxy) is 1. The number of amides is 1. The van der Waals surface area contributed by atoms with Crippen molar-refractivity contribution >= 4 is 46.4 Å². The topological polar surface area (TPSA) is 79.9 Å². The SMILES string of the molecule is O=C(NCC=Cc1c[nH]c2nc(Cl)nc(Cl)c12)OCC1c2ccccc2-c2ccccc21. The van der Waals surface area contributed by atoms with Gasteiger partial charge in [0.25, 0.3) is 0 Å². The Kier molecular flexibility index (Phi) is 5.55. The zero-order chi connectivity index (χ0) is 22.1. The summed E-state index contributed by atoms with van der Waals surface area (Å²) in [6, 6.07) is 16.5. The lowest BCUT2D eigenvalue weighted by Crippen LogP contribution is -2.26. The van der Waals surface area contributed by atoms with Crippen molar-refractivity contribution in [3.05, 3.63) is 87.9 Å². The van der Waals surface area contributed by atoms with Gasteiger partial charge in [0, 0.05) is 24.2 Å². The van der Waals surface area contributed by atoms with Crippen molar-refractivity contribution in [2.45, 2.75) is 5.92 Å². The molecule has 0 bridgehead atoms. The zero-order valence-corrected chi connectivity index (χ0v) is 18.3. The Morgan fingerprint density at radius 3 is 2.47 bits per heavy atom. The van der Waals surface area contributed by atoms with E-state index in [1.54, 1.807) is 12.3 Å². The Hall–Kier alpha value is -3.35. The molecule has 1 aliphatic carbocycles. The number of alkyl carbamates (subject to hydrolysis) is 1. The van der Waals surface area contributed by atoms with Gasteiger partial charge in [0.05, 0.1) is 5.39 Å². The lowest BCUT2D eigenvalue weighted by atomic mass is 9.98. The van der Waals surface area contributed by atoms with E-state index in [0.29, 0.717) is 17.6 Å². The molecule has 0 saturated heterocycles. The van der Waals surface area contributed by atoms with Crippen LogP contribution in [-0.2, 0) is 4.74 Å². The Morgan fingerprint density at radius 1 is 1.06 bits per heavy atom. The Labute approximate surface area is 194 Å². The van der Waals surface area contributed by atoms with Gasteiger partial charge in [0.2, 0.25) is 5.28 Å². The molecule has 2 aromatic carbocycles. The number of rotatable bonds is 5. The molecule has 0 spiro atoms. The number of H-pyrrole nitrogens is 1. The van der Waals surface area contributed by atoms with E-state index in [1.807, 2.05) is 30.3 Å². The quantitative estimate of drug-likeness (QED) is 0.288. The maximum Gasteiger partial charge on any atom is 0.407 e. The van der Waals surface area contributed by atoms with Crippen molar-refractivity contribution in [1.82, 2.24) is 20.3 Å². The number of nitrogens with zero attached hydrogens (tertiary/aromatic N) is 2. The normalized spacial score (nSPS) is 12.8. The summed E-state index contributed by atoms with van der Waals surface area (Å²) >= 11 is 12.0. The zero-order valence-electron chi connectivity index (χ0n) is 16.8. The Bertz CT molecular complexity index is 1300. The first-order chi connectivity index (χ1) is 15.6. The second kappa shape index (κ2) is 8.65. The molecule has 2 heterocycles. The third kappa shape index (κ3) is 3.83. The van der Waals surface area contributed by atoms with Gasteiger partial charge in [-0.25, -0.2) is 9.78 Å². The van der Waals surface area contributed by atoms with E-state index in [-0.39, 0.29) is 23.0 Å². The lowest BCUT2D eigenvalue weighted by Gasteiger charge is -2.14. The maximum atomic E-state index is 12.3. The van der Waals surface area contributed by atoms with Crippen LogP contribution in [0.2, 0.25) is 10.4 Å². The first kappa shape index (κ1) is 20.5. The van der Waals surface area contributed by atoms with Crippen LogP contribution >= 0.6 is 23.2 Å². The summed E-state index contributed by atoms with van der Waals surface area (Å²) in [6.45, 7) is 0.579. The molecule has 160 valence electrons. The molecule has 0 atom stereocenters. The second-order valence-corrected chi connectivity index (χ2v) is 8.06. The van der Waals surface area contributed by atoms with E-state index in [2.05, 4.69) is 44.5 Å². The van der Waals surface area contributed by atoms with Gasteiger partial charge < -0.3 is 15.0 Å². The van der Waals surface area contributed by atoms with Crippen LogP contribution in [0.15, 0.2) is 60.8 Å². The summed E-state index contributed by atoms with van der Waals surface area (Å²) in [5.74, 6) is 0.0314. The summed E-state index contributed by atoms with van der Waals surface area (Å²) in [7, 11) is 0. The van der Waals surface area contributed by atoms with E-state index in [0.717, 1.165) is 5.56 Å². The van der Waals surface area contributed by atoms with Crippen molar-refractivity contribution in [1.29, 1.82) is 0 Å². The molecule has 0 saturated carbocycles. The number of halogens is 2. The van der Waals surface area contributed by atoms with Crippen molar-refractivity contribution in [2.24, 2.45) is 0 Å². The number of carbonyl (C=O) groups excluding carboxylic acids is 1. The van der Waals surface area contributed by atoms with Crippen molar-refractivity contribution in [3.63, 3.8) is 0 Å². The monoisotopic (exact) mass is 464 g/mol. The van der Waals surface area contributed by atoms with Crippen LogP contribution in [0.25, 0.3) is 28.2 Å². The summed E-state index contributed by atoms with van der Waals surface area (Å²) in [5, 5.41) is 3.77. The van der Waals surface area contributed by atoms with Gasteiger partial charge in [-0.2, -0.15) is 4.98 Å². The fraction of sp³-hybridized carbons (Fsp3) is 0.125. The minimum absolute atomic E-state index is 0.0314. The summed E-state index contributed by atoms with van der Waals surface area (Å²) in [5.41, 5.74) is 6.11. The van der Waals surface area contributed by atoms with Crippen LogP contribution < -0.4 is 5.32 Å². The van der Waals surface area contributed by atoms with E-state index in [1.165, 1.54) is 22.3 Å². The largest absolute Gasteiger partial charge is 0.449 e. The van der Waals surface area contributed by atoms with Crippen LogP contribution in [0, 0.1) is 0 Å². The average molecular weight is 465 g/mol. The van der Waals surface area contributed by atoms with Crippen LogP contribution in [-0.4, -0.2) is 34.2 Å². The van der Waals surface area contributed by atoms with Gasteiger partial charge >= 0.3 is 6.09 Å². The standard InChI is InChI=1S/C24H18Cl2N4O2/c25-21-20-14(12-28-22(20)30-23(26)29-21)6-5-11-27-24(31)32-13-19-17-9-3-1-7-15(17)16-8-2-4-10-18(16)19/h1-10,12,19H,11,13H2,(H,27,31)(H,28,29,30). The maximum absolute atomic E-state index is 12.3. The number of hydrogen-bond acceptors (Lipinski definition) is 4. The predicted molar refractivity (Wildman–Crippen MR) is 126 cm³/mol. The van der Waals surface area contributed by atoms with Crippen molar-refractivity contribution < 1.29 is 9.53 Å². The Morgan fingerprint density at radius 2 is 1.75 bits per heavy atom. The van der Waals surface area contributed by atoms with Gasteiger partial charge in [-0.15, -0.1) is 0 Å². The smallest absolute Gasteiger partial charge is 0.407 e. The molecular weight excluding hydrogens is 447 g/mol. The molecule has 4 aromatic rings. The van der Waals surface area contributed by atoms with E-state index >= 15 is 0 Å². The summed E-state index contributed by atoms with van der Waals surface area (Å²) in [6.07, 6.45) is 4.91. The molecule has 6 nitrogen and oxygen atoms in total. The highest BCUT2D eigenvalue weighted by Gasteiger charge is 2.28. The molecule has 2 N–H and O–H groups in total. The van der Waals surface area contributed by atoms with E-state index in [9.17, 15) is 4.79 Å². The molecule has 1 aliphatic rings. The molecule has 2 aromatic heterocycles. The second-order valence-electron chi connectivity index (χ2n) is 7.36. The number of carbonyl (C=O) groups is 1. The Balaban J connectivity index is 1.20. The highest BCUT2D eigenvalue weighted by Crippen LogP contribution is 2.44. The fourth-order valence-corrected chi connectivity index (χ4v) is 4.59. The molecule has 0 radical (unpaired) electrons. The van der Waals surface area contributed by atoms with Crippen LogP contribution in [0.4, 0.5) is 4.79 Å². The van der Waals surface area contributed by atoms with Gasteiger partial charge in [-0.05, 0) is 33.9 Å². The molecule has 0 fully saturated rings. The fourth-order valence-electron chi connectivity index (χ4n) is 4.10. The number of aromatic amines is 1. The molecular formula is C24H18Cl2N4O2. The first-order valence-corrected chi connectivity index (χ1v) is 10.8. The average Bonchev–Trinajstić information content (AvgIpc) is 3.34. The van der Waals surface area contributed by atoms with E-state index in [4.69, 9.17) is 27.9 Å². The highest BCUT2D eigenvalue weighted by atomic mass is 35.5. The molecule has 0 aliphatic heterocycles. The molecule has 0 unspecified atom stereocenters. The minimum atomic E-state index is -0.469. The lowest BCUT2D eigenvalue weighted by molar-refractivity contribution is 0.144. The molecule has 32 heavy (non-hydrogen) atoms. The number of benzene rings is 2. The number of fused-ring (bicyclic) bond motifs is 4. The van der Waals surface area contributed by atoms with E-state index < -0.39 is 6.09 Å².